The van der Waals surface area contributed by atoms with Crippen LogP contribution in [-0.2, 0) is 10.0 Å². The highest BCUT2D eigenvalue weighted by Gasteiger charge is 2.21. The molecule has 0 amide bonds. The highest BCUT2D eigenvalue weighted by Crippen LogP contribution is 2.18. The summed E-state index contributed by atoms with van der Waals surface area (Å²) in [4.78, 5) is 0. The molecule has 4 nitrogen and oxygen atoms in total. The van der Waals surface area contributed by atoms with Crippen LogP contribution in [0.4, 0.5) is 0 Å². The lowest BCUT2D eigenvalue weighted by Gasteiger charge is -2.22. The molecule has 18 heavy (non-hydrogen) atoms. The highest BCUT2D eigenvalue weighted by molar-refractivity contribution is 7.89. The standard InChI is InChI=1S/C13H28N2O2S/c1-4-12(5-2)11(3)15-18(16,17)10-6-9-14-13-7-8-13/h11-15H,4-10H2,1-3H3. The van der Waals surface area contributed by atoms with Gasteiger partial charge in [0.25, 0.3) is 0 Å². The monoisotopic (exact) mass is 276 g/mol. The van der Waals surface area contributed by atoms with Crippen LogP contribution in [-0.4, -0.2) is 32.8 Å². The van der Waals surface area contributed by atoms with E-state index in [4.69, 9.17) is 0 Å². The Morgan fingerprint density at radius 1 is 1.22 bits per heavy atom. The molecule has 0 heterocycles. The number of hydrogen-bond donors (Lipinski definition) is 2. The molecular formula is C13H28N2O2S. The molecule has 1 aliphatic carbocycles. The van der Waals surface area contributed by atoms with Gasteiger partial charge in [-0.3, -0.25) is 0 Å². The van der Waals surface area contributed by atoms with Gasteiger partial charge in [0.1, 0.15) is 0 Å². The smallest absolute Gasteiger partial charge is 0.211 e. The van der Waals surface area contributed by atoms with Crippen LogP contribution < -0.4 is 10.0 Å². The molecule has 0 radical (unpaired) electrons. The Labute approximate surface area is 112 Å². The van der Waals surface area contributed by atoms with Gasteiger partial charge >= 0.3 is 0 Å². The van der Waals surface area contributed by atoms with Crippen molar-refractivity contribution in [3.8, 4) is 0 Å². The molecule has 108 valence electrons. The molecular weight excluding hydrogens is 248 g/mol. The Kier molecular flexibility index (Phi) is 6.60. The largest absolute Gasteiger partial charge is 0.314 e. The lowest BCUT2D eigenvalue weighted by molar-refractivity contribution is 0.390. The van der Waals surface area contributed by atoms with Gasteiger partial charge in [-0.25, -0.2) is 13.1 Å². The Bertz CT molecular complexity index is 322. The van der Waals surface area contributed by atoms with E-state index in [1.807, 2.05) is 6.92 Å². The third kappa shape index (κ3) is 6.16. The van der Waals surface area contributed by atoms with Crippen LogP contribution in [0, 0.1) is 5.92 Å². The zero-order valence-electron chi connectivity index (χ0n) is 11.9. The van der Waals surface area contributed by atoms with Crippen molar-refractivity contribution >= 4 is 10.0 Å². The average Bonchev–Trinajstić information content (AvgIpc) is 3.09. The Balaban J connectivity index is 2.23. The zero-order chi connectivity index (χ0) is 13.6. The lowest BCUT2D eigenvalue weighted by Crippen LogP contribution is -2.39. The molecule has 0 aliphatic heterocycles. The van der Waals surface area contributed by atoms with Crippen molar-refractivity contribution in [2.24, 2.45) is 5.92 Å². The molecule has 0 aromatic rings. The van der Waals surface area contributed by atoms with E-state index in [9.17, 15) is 8.42 Å². The van der Waals surface area contributed by atoms with Crippen LogP contribution in [0.3, 0.4) is 0 Å². The Hall–Kier alpha value is -0.130. The topological polar surface area (TPSA) is 58.2 Å². The van der Waals surface area contributed by atoms with Crippen LogP contribution in [0.15, 0.2) is 0 Å². The average molecular weight is 276 g/mol. The number of hydrogen-bond acceptors (Lipinski definition) is 3. The summed E-state index contributed by atoms with van der Waals surface area (Å²) in [7, 11) is -3.11. The van der Waals surface area contributed by atoms with Gasteiger partial charge in [-0.15, -0.1) is 0 Å². The second-order valence-electron chi connectivity index (χ2n) is 5.38. The molecule has 0 aromatic heterocycles. The van der Waals surface area contributed by atoms with E-state index in [0.29, 0.717) is 18.4 Å². The first-order valence-electron chi connectivity index (χ1n) is 7.21. The second-order valence-corrected chi connectivity index (χ2v) is 7.26. The summed E-state index contributed by atoms with van der Waals surface area (Å²) in [5.74, 6) is 0.668. The highest BCUT2D eigenvalue weighted by atomic mass is 32.2. The van der Waals surface area contributed by atoms with Gasteiger partial charge in [0.15, 0.2) is 0 Å². The fraction of sp³-hybridized carbons (Fsp3) is 1.00. The van der Waals surface area contributed by atoms with Gasteiger partial charge in [-0.1, -0.05) is 26.7 Å². The van der Waals surface area contributed by atoms with Crippen molar-refractivity contribution in [2.45, 2.75) is 65.0 Å². The molecule has 2 N–H and O–H groups in total. The minimum Gasteiger partial charge on any atom is -0.314 e. The molecule has 0 bridgehead atoms. The van der Waals surface area contributed by atoms with Crippen molar-refractivity contribution in [3.63, 3.8) is 0 Å². The SMILES string of the molecule is CCC(CC)C(C)NS(=O)(=O)CCCNC1CC1. The maximum Gasteiger partial charge on any atom is 0.211 e. The van der Waals surface area contributed by atoms with Gasteiger partial charge in [0.2, 0.25) is 10.0 Å². The summed E-state index contributed by atoms with van der Waals surface area (Å²) in [5.41, 5.74) is 0. The maximum absolute atomic E-state index is 11.9. The van der Waals surface area contributed by atoms with Crippen LogP contribution in [0.2, 0.25) is 0 Å². The first-order chi connectivity index (χ1) is 8.48. The molecule has 1 rings (SSSR count). The summed E-state index contributed by atoms with van der Waals surface area (Å²) in [6, 6.07) is 0.700. The minimum atomic E-state index is -3.11. The molecule has 1 fully saturated rings. The van der Waals surface area contributed by atoms with E-state index in [2.05, 4.69) is 23.9 Å². The van der Waals surface area contributed by atoms with E-state index >= 15 is 0 Å². The molecule has 5 heteroatoms. The van der Waals surface area contributed by atoms with Crippen LogP contribution in [0.1, 0.15) is 52.9 Å². The van der Waals surface area contributed by atoms with Gasteiger partial charge in [0.05, 0.1) is 5.75 Å². The number of nitrogens with one attached hydrogen (secondary N) is 2. The third-order valence-corrected chi connectivity index (χ3v) is 5.28. The predicted molar refractivity (Wildman–Crippen MR) is 76.1 cm³/mol. The van der Waals surface area contributed by atoms with E-state index in [1.54, 1.807) is 0 Å². The van der Waals surface area contributed by atoms with E-state index in [0.717, 1.165) is 19.4 Å². The van der Waals surface area contributed by atoms with E-state index < -0.39 is 10.0 Å². The van der Waals surface area contributed by atoms with Crippen molar-refractivity contribution < 1.29 is 8.42 Å². The van der Waals surface area contributed by atoms with Crippen molar-refractivity contribution in [1.82, 2.24) is 10.0 Å². The molecule has 0 spiro atoms. The fourth-order valence-electron chi connectivity index (χ4n) is 2.29. The summed E-state index contributed by atoms with van der Waals surface area (Å²) in [6.45, 7) is 7.00. The lowest BCUT2D eigenvalue weighted by atomic mass is 9.96. The number of sulfonamides is 1. The van der Waals surface area contributed by atoms with E-state index in [1.165, 1.54) is 12.8 Å². The van der Waals surface area contributed by atoms with Gasteiger partial charge in [-0.05, 0) is 38.6 Å². The third-order valence-electron chi connectivity index (χ3n) is 3.72. The van der Waals surface area contributed by atoms with Crippen LogP contribution in [0.5, 0.6) is 0 Å². The molecule has 0 saturated heterocycles. The first-order valence-corrected chi connectivity index (χ1v) is 8.87. The maximum atomic E-state index is 11.9. The van der Waals surface area contributed by atoms with Crippen molar-refractivity contribution in [1.29, 1.82) is 0 Å². The summed E-state index contributed by atoms with van der Waals surface area (Å²) in [5, 5.41) is 3.34. The molecule has 1 aliphatic rings. The van der Waals surface area contributed by atoms with Crippen LogP contribution in [0.25, 0.3) is 0 Å². The summed E-state index contributed by atoms with van der Waals surface area (Å²) in [6.07, 6.45) is 5.22. The van der Waals surface area contributed by atoms with Crippen molar-refractivity contribution in [2.75, 3.05) is 12.3 Å². The van der Waals surface area contributed by atoms with Gasteiger partial charge in [-0.2, -0.15) is 0 Å². The fourth-order valence-corrected chi connectivity index (χ4v) is 3.69. The Morgan fingerprint density at radius 2 is 1.83 bits per heavy atom. The quantitative estimate of drug-likeness (QED) is 0.599. The normalized spacial score (nSPS) is 18.2. The second kappa shape index (κ2) is 7.46. The number of rotatable bonds is 10. The molecule has 0 aromatic carbocycles. The van der Waals surface area contributed by atoms with Gasteiger partial charge < -0.3 is 5.32 Å². The molecule has 1 saturated carbocycles. The Morgan fingerprint density at radius 3 is 2.33 bits per heavy atom. The minimum absolute atomic E-state index is 0.0430. The van der Waals surface area contributed by atoms with Crippen LogP contribution >= 0.6 is 0 Å². The molecule has 1 atom stereocenters. The van der Waals surface area contributed by atoms with Gasteiger partial charge in [0, 0.05) is 12.1 Å². The molecule has 1 unspecified atom stereocenters. The zero-order valence-corrected chi connectivity index (χ0v) is 12.7. The summed E-state index contributed by atoms with van der Waals surface area (Å²) >= 11 is 0. The predicted octanol–water partition coefficient (Wildman–Crippen LogP) is 1.87. The first kappa shape index (κ1) is 15.9. The van der Waals surface area contributed by atoms with E-state index in [-0.39, 0.29) is 11.8 Å². The summed E-state index contributed by atoms with van der Waals surface area (Å²) < 4.78 is 26.6. The van der Waals surface area contributed by atoms with Crippen molar-refractivity contribution in [3.05, 3.63) is 0 Å².